The number of nitrogens with zero attached hydrogens (tertiary/aromatic N) is 3. The van der Waals surface area contributed by atoms with Crippen molar-refractivity contribution in [3.05, 3.63) is 71.0 Å². The monoisotopic (exact) mass is 378 g/mol. The predicted octanol–water partition coefficient (Wildman–Crippen LogP) is 4.32. The van der Waals surface area contributed by atoms with Crippen LogP contribution in [-0.2, 0) is 17.8 Å². The van der Waals surface area contributed by atoms with Gasteiger partial charge in [0.05, 0.1) is 12.3 Å². The Morgan fingerprint density at radius 3 is 2.64 bits per heavy atom. The number of amides is 1. The highest BCUT2D eigenvalue weighted by Crippen LogP contribution is 2.18. The van der Waals surface area contributed by atoms with E-state index in [1.54, 1.807) is 11.8 Å². The molecule has 0 fully saturated rings. The highest BCUT2D eigenvalue weighted by atomic mass is 16.5. The zero-order chi connectivity index (χ0) is 19.9. The van der Waals surface area contributed by atoms with Gasteiger partial charge < -0.3 is 10.1 Å². The molecule has 2 aromatic carbocycles. The Kier molecular flexibility index (Phi) is 6.55. The predicted molar refractivity (Wildman–Crippen MR) is 110 cm³/mol. The van der Waals surface area contributed by atoms with Crippen LogP contribution in [0.5, 0.6) is 0 Å². The Hall–Kier alpha value is -2.99. The molecule has 1 heterocycles. The van der Waals surface area contributed by atoms with Gasteiger partial charge >= 0.3 is 0 Å². The summed E-state index contributed by atoms with van der Waals surface area (Å²) in [4.78, 5) is 12.8. The summed E-state index contributed by atoms with van der Waals surface area (Å²) in [5.41, 5.74) is 4.83. The second kappa shape index (κ2) is 9.28. The van der Waals surface area contributed by atoms with Crippen LogP contribution in [0.1, 0.15) is 47.1 Å². The number of benzene rings is 2. The van der Waals surface area contributed by atoms with Gasteiger partial charge in [0.25, 0.3) is 5.91 Å². The number of rotatable bonds is 8. The normalized spacial score (nSPS) is 10.8. The molecule has 0 spiro atoms. The van der Waals surface area contributed by atoms with E-state index in [4.69, 9.17) is 4.74 Å². The van der Waals surface area contributed by atoms with E-state index in [1.807, 2.05) is 55.5 Å². The van der Waals surface area contributed by atoms with Crippen LogP contribution in [0.2, 0.25) is 0 Å². The quantitative estimate of drug-likeness (QED) is 0.634. The second-order valence-electron chi connectivity index (χ2n) is 6.82. The average Bonchev–Trinajstić information content (AvgIpc) is 3.11. The second-order valence-corrected chi connectivity index (χ2v) is 6.82. The van der Waals surface area contributed by atoms with Gasteiger partial charge in [0.15, 0.2) is 5.69 Å². The molecular weight excluding hydrogens is 352 g/mol. The van der Waals surface area contributed by atoms with Gasteiger partial charge in [-0.3, -0.25) is 4.79 Å². The van der Waals surface area contributed by atoms with Crippen molar-refractivity contribution >= 4 is 11.6 Å². The molecule has 0 atom stereocenters. The molecule has 146 valence electrons. The number of carbonyl (C=O) groups excluding carboxylic acids is 1. The number of hydrogen-bond donors (Lipinski definition) is 1. The van der Waals surface area contributed by atoms with E-state index in [-0.39, 0.29) is 18.2 Å². The van der Waals surface area contributed by atoms with Gasteiger partial charge in [0.2, 0.25) is 0 Å². The van der Waals surface area contributed by atoms with Crippen LogP contribution in [0.4, 0.5) is 5.69 Å². The number of aromatic nitrogens is 3. The van der Waals surface area contributed by atoms with Crippen LogP contribution in [-0.4, -0.2) is 28.0 Å². The van der Waals surface area contributed by atoms with E-state index < -0.39 is 0 Å². The average molecular weight is 378 g/mol. The van der Waals surface area contributed by atoms with Crippen LogP contribution in [0.3, 0.4) is 0 Å². The molecule has 1 aromatic heterocycles. The van der Waals surface area contributed by atoms with E-state index in [1.165, 1.54) is 5.56 Å². The summed E-state index contributed by atoms with van der Waals surface area (Å²) in [6, 6.07) is 15.8. The fraction of sp³-hybridized carbons (Fsp3) is 0.318. The Morgan fingerprint density at radius 1 is 1.18 bits per heavy atom. The summed E-state index contributed by atoms with van der Waals surface area (Å²) < 4.78 is 6.94. The molecule has 1 N–H and O–H groups in total. The van der Waals surface area contributed by atoms with Crippen LogP contribution in [0.25, 0.3) is 5.69 Å². The van der Waals surface area contributed by atoms with Crippen LogP contribution >= 0.6 is 0 Å². The number of carbonyl (C=O) groups is 1. The fourth-order valence-electron chi connectivity index (χ4n) is 3.04. The van der Waals surface area contributed by atoms with Gasteiger partial charge in [-0.05, 0) is 55.2 Å². The molecule has 0 bridgehead atoms. The number of nitrogens with one attached hydrogen (secondary N) is 1. The minimum Gasteiger partial charge on any atom is -0.378 e. The Labute approximate surface area is 165 Å². The lowest BCUT2D eigenvalue weighted by Crippen LogP contribution is -2.16. The fourth-order valence-corrected chi connectivity index (χ4v) is 3.04. The first-order chi connectivity index (χ1) is 13.6. The number of aryl methyl sites for hydroxylation is 2. The Balaban J connectivity index is 1.81. The van der Waals surface area contributed by atoms with Gasteiger partial charge in [-0.15, -0.1) is 5.10 Å². The molecule has 0 unspecified atom stereocenters. The summed E-state index contributed by atoms with van der Waals surface area (Å²) in [6.45, 7) is 4.42. The highest BCUT2D eigenvalue weighted by molar-refractivity contribution is 6.03. The van der Waals surface area contributed by atoms with Gasteiger partial charge in [-0.1, -0.05) is 42.8 Å². The number of anilines is 1. The van der Waals surface area contributed by atoms with Crippen LogP contribution in [0.15, 0.2) is 48.5 Å². The van der Waals surface area contributed by atoms with E-state index >= 15 is 0 Å². The molecular formula is C22H26N4O2. The standard InChI is InChI=1S/C22H26N4O2/c1-4-5-8-17-10-12-18(13-11-17)23-22(27)21-20(15-28-3)26(25-24-21)19-9-6-7-16(2)14-19/h6-7,9-14H,4-5,8,15H2,1-3H3,(H,23,27). The van der Waals surface area contributed by atoms with Crippen LogP contribution < -0.4 is 5.32 Å². The van der Waals surface area contributed by atoms with Crippen molar-refractivity contribution in [3.8, 4) is 5.69 Å². The maximum atomic E-state index is 12.8. The molecule has 28 heavy (non-hydrogen) atoms. The van der Waals surface area contributed by atoms with Crippen LogP contribution in [0, 0.1) is 6.92 Å². The SMILES string of the molecule is CCCCc1ccc(NC(=O)c2nnn(-c3cccc(C)c3)c2COC)cc1. The molecule has 0 saturated heterocycles. The third-order valence-corrected chi connectivity index (χ3v) is 4.54. The number of hydrogen-bond acceptors (Lipinski definition) is 4. The van der Waals surface area contributed by atoms with Gasteiger partial charge in [0.1, 0.15) is 5.69 Å². The Morgan fingerprint density at radius 2 is 1.96 bits per heavy atom. The maximum absolute atomic E-state index is 12.8. The van der Waals surface area contributed by atoms with Crippen molar-refractivity contribution in [3.63, 3.8) is 0 Å². The zero-order valence-electron chi connectivity index (χ0n) is 16.6. The van der Waals surface area contributed by atoms with Crippen molar-refractivity contribution in [2.24, 2.45) is 0 Å². The molecule has 0 saturated carbocycles. The van der Waals surface area contributed by atoms with Crippen molar-refractivity contribution in [2.45, 2.75) is 39.7 Å². The molecule has 0 aliphatic heterocycles. The first kappa shape index (κ1) is 19.8. The summed E-state index contributed by atoms with van der Waals surface area (Å²) >= 11 is 0. The van der Waals surface area contributed by atoms with Crippen molar-refractivity contribution < 1.29 is 9.53 Å². The van der Waals surface area contributed by atoms with Gasteiger partial charge in [-0.2, -0.15) is 0 Å². The molecule has 1 amide bonds. The molecule has 6 heteroatoms. The molecule has 0 aliphatic rings. The minimum atomic E-state index is -0.299. The minimum absolute atomic E-state index is 0.236. The summed E-state index contributed by atoms with van der Waals surface area (Å²) in [6.07, 6.45) is 3.37. The number of methoxy groups -OCH3 is 1. The van der Waals surface area contributed by atoms with Gasteiger partial charge in [0, 0.05) is 12.8 Å². The summed E-state index contributed by atoms with van der Waals surface area (Å²) in [7, 11) is 1.59. The summed E-state index contributed by atoms with van der Waals surface area (Å²) in [5.74, 6) is -0.299. The lowest BCUT2D eigenvalue weighted by molar-refractivity contribution is 0.101. The van der Waals surface area contributed by atoms with Crippen molar-refractivity contribution in [1.29, 1.82) is 0 Å². The topological polar surface area (TPSA) is 69.0 Å². The molecule has 3 rings (SSSR count). The molecule has 6 nitrogen and oxygen atoms in total. The lowest BCUT2D eigenvalue weighted by atomic mass is 10.1. The first-order valence-electron chi connectivity index (χ1n) is 9.53. The van der Waals surface area contributed by atoms with E-state index in [0.717, 1.165) is 36.2 Å². The molecule has 0 aliphatic carbocycles. The Bertz CT molecular complexity index is 932. The van der Waals surface area contributed by atoms with Crippen molar-refractivity contribution in [2.75, 3.05) is 12.4 Å². The molecule has 0 radical (unpaired) electrons. The largest absolute Gasteiger partial charge is 0.378 e. The van der Waals surface area contributed by atoms with E-state index in [0.29, 0.717) is 5.69 Å². The summed E-state index contributed by atoms with van der Waals surface area (Å²) in [5, 5.41) is 11.2. The highest BCUT2D eigenvalue weighted by Gasteiger charge is 2.21. The number of unbranched alkanes of at least 4 members (excludes halogenated alkanes) is 1. The zero-order valence-corrected chi connectivity index (χ0v) is 16.6. The molecule has 3 aromatic rings. The smallest absolute Gasteiger partial charge is 0.278 e. The van der Waals surface area contributed by atoms with Crippen molar-refractivity contribution in [1.82, 2.24) is 15.0 Å². The first-order valence-corrected chi connectivity index (χ1v) is 9.53. The van der Waals surface area contributed by atoms with E-state index in [2.05, 4.69) is 22.6 Å². The third-order valence-electron chi connectivity index (χ3n) is 4.54. The lowest BCUT2D eigenvalue weighted by Gasteiger charge is -2.09. The van der Waals surface area contributed by atoms with Gasteiger partial charge in [-0.25, -0.2) is 4.68 Å². The maximum Gasteiger partial charge on any atom is 0.278 e. The third kappa shape index (κ3) is 4.64. The van der Waals surface area contributed by atoms with E-state index in [9.17, 15) is 4.79 Å². The number of ether oxygens (including phenoxy) is 1.